The van der Waals surface area contributed by atoms with Gasteiger partial charge in [-0.05, 0) is 86.2 Å². The van der Waals surface area contributed by atoms with Crippen LogP contribution in [0.2, 0.25) is 0 Å². The third kappa shape index (κ3) is 7.10. The maximum absolute atomic E-state index is 12.5. The number of pyridine rings is 1. The van der Waals surface area contributed by atoms with Gasteiger partial charge in [-0.15, -0.1) is 0 Å². The van der Waals surface area contributed by atoms with Crippen LogP contribution in [0.1, 0.15) is 103 Å². The van der Waals surface area contributed by atoms with E-state index in [0.29, 0.717) is 5.92 Å². The first kappa shape index (κ1) is 38.9. The predicted molar refractivity (Wildman–Crippen MR) is 245 cm³/mol. The summed E-state index contributed by atoms with van der Waals surface area (Å²) in [5.74, 6) is 1.50. The van der Waals surface area contributed by atoms with Gasteiger partial charge >= 0.3 is 0 Å². The molecule has 0 radical (unpaired) electrons. The standard InChI is InChI=1S/C54H55N3O/c1-33(2)38-26-39(28-40(27-38)47-29-36-20-14-15-21-37(36)32-55-47)43-23-17-25-48-49(43)56-52(45-30-41(53(5,6)7)31-46(51(45)58)54(8,9)10)57(48)50-42(34(3)4)22-16-24-44(50)35-18-12-11-13-19-35/h11-34,58H,1-10H3. The van der Waals surface area contributed by atoms with Crippen molar-refractivity contribution < 1.29 is 5.11 Å². The highest BCUT2D eigenvalue weighted by atomic mass is 16.3. The molecular formula is C54H55N3O. The molecule has 4 heteroatoms. The van der Waals surface area contributed by atoms with Gasteiger partial charge in [-0.25, -0.2) is 4.98 Å². The second-order valence-corrected chi connectivity index (χ2v) is 18.5. The average molecular weight is 762 g/mol. The number of hydrogen-bond acceptors (Lipinski definition) is 3. The molecule has 0 aliphatic heterocycles. The SMILES string of the molecule is CC(C)c1cc(-c2cc3ccccc3cn2)cc(-c2cccc3c2nc(-c2cc(C(C)(C)C)cc(C(C)(C)C)c2O)n3-c2c(-c3ccccc3)cccc2C(C)C)c1. The van der Waals surface area contributed by atoms with Crippen LogP contribution in [0.15, 0.2) is 134 Å². The number of nitrogens with zero attached hydrogens (tertiary/aromatic N) is 3. The Morgan fingerprint density at radius 1 is 0.569 bits per heavy atom. The zero-order valence-corrected chi connectivity index (χ0v) is 35.6. The fraction of sp³-hybridized carbons (Fsp3) is 0.259. The van der Waals surface area contributed by atoms with E-state index in [4.69, 9.17) is 9.97 Å². The predicted octanol–water partition coefficient (Wildman–Crippen LogP) is 14.8. The lowest BCUT2D eigenvalue weighted by Crippen LogP contribution is -2.17. The number of para-hydroxylation sites is 2. The van der Waals surface area contributed by atoms with E-state index in [-0.39, 0.29) is 22.5 Å². The normalized spacial score (nSPS) is 12.3. The maximum Gasteiger partial charge on any atom is 0.149 e. The minimum atomic E-state index is -0.308. The highest BCUT2D eigenvalue weighted by molar-refractivity contribution is 5.98. The molecule has 0 saturated heterocycles. The molecule has 1 N–H and O–H groups in total. The van der Waals surface area contributed by atoms with Crippen molar-refractivity contribution in [3.8, 4) is 56.3 Å². The largest absolute Gasteiger partial charge is 0.507 e. The fourth-order valence-electron chi connectivity index (χ4n) is 8.21. The van der Waals surface area contributed by atoms with E-state index < -0.39 is 0 Å². The number of phenols is 1. The summed E-state index contributed by atoms with van der Waals surface area (Å²) in [7, 11) is 0. The molecule has 292 valence electrons. The molecule has 8 rings (SSSR count). The molecule has 0 fully saturated rings. The molecule has 0 amide bonds. The molecule has 2 aromatic heterocycles. The number of aromatic nitrogens is 3. The van der Waals surface area contributed by atoms with Crippen molar-refractivity contribution in [1.82, 2.24) is 14.5 Å². The van der Waals surface area contributed by atoms with E-state index in [9.17, 15) is 5.11 Å². The van der Waals surface area contributed by atoms with Crippen LogP contribution >= 0.6 is 0 Å². The summed E-state index contributed by atoms with van der Waals surface area (Å²) in [6.45, 7) is 22.2. The zero-order valence-electron chi connectivity index (χ0n) is 35.6. The summed E-state index contributed by atoms with van der Waals surface area (Å²) in [6, 6.07) is 45.6. The van der Waals surface area contributed by atoms with Crippen molar-refractivity contribution in [2.75, 3.05) is 0 Å². The summed E-state index contributed by atoms with van der Waals surface area (Å²) in [5.41, 5.74) is 14.1. The lowest BCUT2D eigenvalue weighted by molar-refractivity contribution is 0.446. The van der Waals surface area contributed by atoms with Gasteiger partial charge < -0.3 is 5.11 Å². The summed E-state index contributed by atoms with van der Waals surface area (Å²) in [6.07, 6.45) is 1.97. The van der Waals surface area contributed by atoms with E-state index in [1.807, 2.05) is 6.20 Å². The minimum Gasteiger partial charge on any atom is -0.507 e. The zero-order chi connectivity index (χ0) is 41.1. The van der Waals surface area contributed by atoms with Crippen molar-refractivity contribution in [2.24, 2.45) is 0 Å². The molecule has 4 nitrogen and oxygen atoms in total. The number of benzene rings is 6. The molecule has 0 atom stereocenters. The topological polar surface area (TPSA) is 50.9 Å². The molecule has 0 bridgehead atoms. The average Bonchev–Trinajstić information content (AvgIpc) is 3.59. The second-order valence-electron chi connectivity index (χ2n) is 18.5. The Kier molecular flexibility index (Phi) is 9.88. The molecule has 6 aromatic carbocycles. The highest BCUT2D eigenvalue weighted by Gasteiger charge is 2.30. The number of fused-ring (bicyclic) bond motifs is 2. The maximum atomic E-state index is 12.5. The number of rotatable bonds is 7. The van der Waals surface area contributed by atoms with Crippen LogP contribution < -0.4 is 0 Å². The van der Waals surface area contributed by atoms with Gasteiger partial charge in [0.05, 0.1) is 28.0 Å². The molecule has 0 aliphatic rings. The Morgan fingerprint density at radius 2 is 1.24 bits per heavy atom. The van der Waals surface area contributed by atoms with E-state index in [0.717, 1.165) is 78.1 Å². The summed E-state index contributed by atoms with van der Waals surface area (Å²) in [4.78, 5) is 10.6. The molecule has 8 aromatic rings. The Hall–Kier alpha value is -6.00. The smallest absolute Gasteiger partial charge is 0.149 e. The van der Waals surface area contributed by atoms with Crippen molar-refractivity contribution in [1.29, 1.82) is 0 Å². The molecule has 0 aliphatic carbocycles. The highest BCUT2D eigenvalue weighted by Crippen LogP contribution is 2.46. The van der Waals surface area contributed by atoms with Crippen molar-refractivity contribution >= 4 is 21.8 Å². The van der Waals surface area contributed by atoms with Crippen LogP contribution in [0.3, 0.4) is 0 Å². The molecule has 0 saturated carbocycles. The van der Waals surface area contributed by atoms with E-state index in [1.165, 1.54) is 16.5 Å². The van der Waals surface area contributed by atoms with E-state index in [2.05, 4.69) is 201 Å². The second kappa shape index (κ2) is 14.7. The van der Waals surface area contributed by atoms with Crippen LogP contribution in [-0.2, 0) is 10.8 Å². The molecule has 0 spiro atoms. The first-order valence-electron chi connectivity index (χ1n) is 20.7. The van der Waals surface area contributed by atoms with Gasteiger partial charge in [0.1, 0.15) is 11.6 Å². The third-order valence-corrected chi connectivity index (χ3v) is 11.6. The van der Waals surface area contributed by atoms with Crippen molar-refractivity contribution in [2.45, 2.75) is 91.9 Å². The van der Waals surface area contributed by atoms with Crippen LogP contribution in [0.25, 0.3) is 72.4 Å². The molecule has 2 heterocycles. The first-order chi connectivity index (χ1) is 27.6. The van der Waals surface area contributed by atoms with Crippen LogP contribution in [0, 0.1) is 0 Å². The number of phenolic OH excluding ortho intramolecular Hbond substituents is 1. The summed E-state index contributed by atoms with van der Waals surface area (Å²) >= 11 is 0. The van der Waals surface area contributed by atoms with Crippen LogP contribution in [0.4, 0.5) is 0 Å². The number of aromatic hydroxyl groups is 1. The molecule has 0 unspecified atom stereocenters. The van der Waals surface area contributed by atoms with Gasteiger partial charge in [-0.1, -0.05) is 166 Å². The van der Waals surface area contributed by atoms with E-state index >= 15 is 0 Å². The first-order valence-corrected chi connectivity index (χ1v) is 20.7. The molecular weight excluding hydrogens is 707 g/mol. The van der Waals surface area contributed by atoms with Gasteiger partial charge in [0.15, 0.2) is 0 Å². The molecule has 58 heavy (non-hydrogen) atoms. The lowest BCUT2D eigenvalue weighted by Gasteiger charge is -2.28. The Labute approximate surface area is 344 Å². The fourth-order valence-corrected chi connectivity index (χ4v) is 8.21. The summed E-state index contributed by atoms with van der Waals surface area (Å²) in [5, 5.41) is 14.8. The van der Waals surface area contributed by atoms with Crippen LogP contribution in [-0.4, -0.2) is 19.6 Å². The number of imidazole rings is 1. The number of hydrogen-bond donors (Lipinski definition) is 1. The van der Waals surface area contributed by atoms with Gasteiger partial charge in [0.2, 0.25) is 0 Å². The van der Waals surface area contributed by atoms with Gasteiger partial charge in [-0.2, -0.15) is 0 Å². The van der Waals surface area contributed by atoms with Gasteiger partial charge in [0, 0.05) is 33.8 Å². The lowest BCUT2D eigenvalue weighted by atomic mass is 9.79. The Balaban J connectivity index is 1.49. The van der Waals surface area contributed by atoms with E-state index in [1.54, 1.807) is 0 Å². The van der Waals surface area contributed by atoms with Crippen molar-refractivity contribution in [3.63, 3.8) is 0 Å². The third-order valence-electron chi connectivity index (χ3n) is 11.6. The Morgan fingerprint density at radius 3 is 1.93 bits per heavy atom. The minimum absolute atomic E-state index is 0.167. The van der Waals surface area contributed by atoms with Crippen LogP contribution in [0.5, 0.6) is 5.75 Å². The van der Waals surface area contributed by atoms with Gasteiger partial charge in [0.25, 0.3) is 0 Å². The van der Waals surface area contributed by atoms with Gasteiger partial charge in [-0.3, -0.25) is 9.55 Å². The quantitative estimate of drug-likeness (QED) is 0.176. The monoisotopic (exact) mass is 761 g/mol. The summed E-state index contributed by atoms with van der Waals surface area (Å²) < 4.78 is 2.34. The Bertz CT molecular complexity index is 2810. The van der Waals surface area contributed by atoms with Crippen molar-refractivity contribution in [3.05, 3.63) is 156 Å².